The molecule has 1 unspecified atom stereocenters. The summed E-state index contributed by atoms with van der Waals surface area (Å²) in [5.41, 5.74) is 0. The lowest BCUT2D eigenvalue weighted by Gasteiger charge is -2.19. The van der Waals surface area contributed by atoms with Gasteiger partial charge in [-0.15, -0.1) is 0 Å². The molecular formula is C10H17FN4O. The van der Waals surface area contributed by atoms with Crippen molar-refractivity contribution in [3.63, 3.8) is 0 Å². The third kappa shape index (κ3) is 3.30. The molecule has 0 aliphatic rings. The van der Waals surface area contributed by atoms with Crippen molar-refractivity contribution in [2.45, 2.75) is 19.4 Å². The minimum atomic E-state index is -0.466. The summed E-state index contributed by atoms with van der Waals surface area (Å²) >= 11 is 0. The van der Waals surface area contributed by atoms with Gasteiger partial charge in [0.1, 0.15) is 0 Å². The Morgan fingerprint density at radius 3 is 2.88 bits per heavy atom. The number of nitrogens with zero attached hydrogens (tertiary/aromatic N) is 3. The van der Waals surface area contributed by atoms with Crippen molar-refractivity contribution in [2.24, 2.45) is 0 Å². The van der Waals surface area contributed by atoms with Crippen LogP contribution in [-0.2, 0) is 0 Å². The van der Waals surface area contributed by atoms with Crippen LogP contribution in [0.15, 0.2) is 6.20 Å². The lowest BCUT2D eigenvalue weighted by atomic mass is 10.3. The van der Waals surface area contributed by atoms with Crippen LogP contribution >= 0.6 is 0 Å². The Balaban J connectivity index is 2.76. The third-order valence-electron chi connectivity index (χ3n) is 2.19. The summed E-state index contributed by atoms with van der Waals surface area (Å²) in [6, 6.07) is 0. The van der Waals surface area contributed by atoms with Crippen molar-refractivity contribution in [2.75, 3.05) is 30.9 Å². The highest BCUT2D eigenvalue weighted by Gasteiger charge is 2.11. The van der Waals surface area contributed by atoms with E-state index in [2.05, 4.69) is 15.3 Å². The first kappa shape index (κ1) is 12.6. The Morgan fingerprint density at radius 2 is 2.31 bits per heavy atom. The zero-order valence-corrected chi connectivity index (χ0v) is 9.74. The second-order valence-corrected chi connectivity index (χ2v) is 3.67. The first-order chi connectivity index (χ1) is 7.54. The number of nitrogens with one attached hydrogen (secondary N) is 1. The topological polar surface area (TPSA) is 61.3 Å². The van der Waals surface area contributed by atoms with E-state index in [0.29, 0.717) is 18.9 Å². The lowest BCUT2D eigenvalue weighted by Crippen LogP contribution is -2.24. The van der Waals surface area contributed by atoms with E-state index in [1.165, 1.54) is 0 Å². The second kappa shape index (κ2) is 5.60. The molecular weight excluding hydrogens is 211 g/mol. The van der Waals surface area contributed by atoms with Gasteiger partial charge in [0.25, 0.3) is 0 Å². The SMILES string of the molecule is CNc1ncc(F)c(N(C)CCC(C)O)n1. The molecule has 1 heterocycles. The van der Waals surface area contributed by atoms with Gasteiger partial charge in [-0.25, -0.2) is 9.37 Å². The van der Waals surface area contributed by atoms with E-state index < -0.39 is 11.9 Å². The van der Waals surface area contributed by atoms with Crippen LogP contribution in [0.5, 0.6) is 0 Å². The van der Waals surface area contributed by atoms with Crippen LogP contribution < -0.4 is 10.2 Å². The van der Waals surface area contributed by atoms with Gasteiger partial charge < -0.3 is 15.3 Å². The Bertz CT molecular complexity index is 346. The molecule has 0 amide bonds. The maximum atomic E-state index is 13.4. The van der Waals surface area contributed by atoms with E-state index in [4.69, 9.17) is 5.11 Å². The molecule has 0 aliphatic carbocycles. The number of aliphatic hydroxyl groups is 1. The summed E-state index contributed by atoms with van der Waals surface area (Å²) in [6.07, 6.45) is 1.29. The molecule has 0 saturated carbocycles. The van der Waals surface area contributed by atoms with Gasteiger partial charge in [-0.3, -0.25) is 0 Å². The predicted octanol–water partition coefficient (Wildman–Crippen LogP) is 0.864. The number of hydrogen-bond donors (Lipinski definition) is 2. The van der Waals surface area contributed by atoms with Gasteiger partial charge >= 0.3 is 0 Å². The maximum absolute atomic E-state index is 13.4. The van der Waals surface area contributed by atoms with Crippen LogP contribution in [0, 0.1) is 5.82 Å². The minimum Gasteiger partial charge on any atom is -0.393 e. The molecule has 1 rings (SSSR count). The molecule has 0 saturated heterocycles. The molecule has 0 bridgehead atoms. The number of rotatable bonds is 5. The van der Waals surface area contributed by atoms with E-state index in [9.17, 15) is 4.39 Å². The van der Waals surface area contributed by atoms with E-state index in [0.717, 1.165) is 6.20 Å². The van der Waals surface area contributed by atoms with Crippen LogP contribution in [0.25, 0.3) is 0 Å². The molecule has 6 heteroatoms. The number of hydrogen-bond acceptors (Lipinski definition) is 5. The average Bonchev–Trinajstić information content (AvgIpc) is 2.26. The highest BCUT2D eigenvalue weighted by atomic mass is 19.1. The number of anilines is 2. The van der Waals surface area contributed by atoms with Crippen LogP contribution in [0.2, 0.25) is 0 Å². The Hall–Kier alpha value is -1.43. The first-order valence-corrected chi connectivity index (χ1v) is 5.14. The zero-order valence-electron chi connectivity index (χ0n) is 9.74. The molecule has 5 nitrogen and oxygen atoms in total. The van der Waals surface area contributed by atoms with Gasteiger partial charge in [0.05, 0.1) is 12.3 Å². The Morgan fingerprint density at radius 1 is 1.62 bits per heavy atom. The summed E-state index contributed by atoms with van der Waals surface area (Å²) in [4.78, 5) is 9.43. The third-order valence-corrected chi connectivity index (χ3v) is 2.19. The zero-order chi connectivity index (χ0) is 12.1. The molecule has 16 heavy (non-hydrogen) atoms. The molecule has 2 N–H and O–H groups in total. The van der Waals surface area contributed by atoms with Gasteiger partial charge in [-0.2, -0.15) is 4.98 Å². The fourth-order valence-corrected chi connectivity index (χ4v) is 1.23. The summed E-state index contributed by atoms with van der Waals surface area (Å²) in [5.74, 6) is 0.146. The summed E-state index contributed by atoms with van der Waals surface area (Å²) < 4.78 is 13.4. The molecule has 1 atom stereocenters. The van der Waals surface area contributed by atoms with Gasteiger partial charge in [-0.05, 0) is 13.3 Å². The predicted molar refractivity (Wildman–Crippen MR) is 61.1 cm³/mol. The van der Waals surface area contributed by atoms with Crippen molar-refractivity contribution < 1.29 is 9.50 Å². The molecule has 1 aromatic rings. The quantitative estimate of drug-likeness (QED) is 0.783. The van der Waals surface area contributed by atoms with Gasteiger partial charge in [0.2, 0.25) is 5.95 Å². The maximum Gasteiger partial charge on any atom is 0.224 e. The second-order valence-electron chi connectivity index (χ2n) is 3.67. The lowest BCUT2D eigenvalue weighted by molar-refractivity contribution is 0.186. The van der Waals surface area contributed by atoms with Gasteiger partial charge in [0, 0.05) is 20.6 Å². The van der Waals surface area contributed by atoms with Crippen molar-refractivity contribution in [1.82, 2.24) is 9.97 Å². The Labute approximate surface area is 94.3 Å². The van der Waals surface area contributed by atoms with E-state index in [1.54, 1.807) is 25.9 Å². The average molecular weight is 228 g/mol. The Kier molecular flexibility index (Phi) is 4.42. The van der Waals surface area contributed by atoms with Crippen molar-refractivity contribution in [3.05, 3.63) is 12.0 Å². The van der Waals surface area contributed by atoms with Gasteiger partial charge in [0.15, 0.2) is 11.6 Å². The molecule has 0 aliphatic heterocycles. The van der Waals surface area contributed by atoms with Crippen molar-refractivity contribution in [3.8, 4) is 0 Å². The fourth-order valence-electron chi connectivity index (χ4n) is 1.23. The molecule has 0 aromatic carbocycles. The normalized spacial score (nSPS) is 12.3. The largest absolute Gasteiger partial charge is 0.393 e. The monoisotopic (exact) mass is 228 g/mol. The smallest absolute Gasteiger partial charge is 0.224 e. The number of aromatic nitrogens is 2. The van der Waals surface area contributed by atoms with E-state index in [1.807, 2.05) is 0 Å². The van der Waals surface area contributed by atoms with Gasteiger partial charge in [-0.1, -0.05) is 0 Å². The summed E-state index contributed by atoms with van der Waals surface area (Å²) in [5, 5.41) is 11.9. The highest BCUT2D eigenvalue weighted by molar-refractivity contribution is 5.42. The van der Waals surface area contributed by atoms with Crippen LogP contribution in [-0.4, -0.2) is 41.8 Å². The first-order valence-electron chi connectivity index (χ1n) is 5.14. The molecule has 90 valence electrons. The molecule has 1 aromatic heterocycles. The van der Waals surface area contributed by atoms with Crippen LogP contribution in [0.1, 0.15) is 13.3 Å². The highest BCUT2D eigenvalue weighted by Crippen LogP contribution is 2.16. The number of halogens is 1. The van der Waals surface area contributed by atoms with Crippen LogP contribution in [0.3, 0.4) is 0 Å². The molecule has 0 spiro atoms. The molecule has 0 radical (unpaired) electrons. The van der Waals surface area contributed by atoms with Crippen molar-refractivity contribution >= 4 is 11.8 Å². The summed E-state index contributed by atoms with van der Waals surface area (Å²) in [6.45, 7) is 2.23. The summed E-state index contributed by atoms with van der Waals surface area (Å²) in [7, 11) is 3.40. The van der Waals surface area contributed by atoms with Crippen molar-refractivity contribution in [1.29, 1.82) is 0 Å². The minimum absolute atomic E-state index is 0.236. The van der Waals surface area contributed by atoms with Crippen LogP contribution in [0.4, 0.5) is 16.2 Å². The van der Waals surface area contributed by atoms with E-state index >= 15 is 0 Å². The fraction of sp³-hybridized carbons (Fsp3) is 0.600. The molecule has 0 fully saturated rings. The number of aliphatic hydroxyl groups excluding tert-OH is 1. The van der Waals surface area contributed by atoms with E-state index in [-0.39, 0.29) is 5.82 Å². The standard InChI is InChI=1S/C10H17FN4O/c1-7(16)4-5-15(3)9-8(11)6-13-10(12-2)14-9/h6-7,16H,4-5H2,1-3H3,(H,12,13,14).